The van der Waals surface area contributed by atoms with Crippen molar-refractivity contribution in [3.8, 4) is 5.75 Å². The van der Waals surface area contributed by atoms with Crippen LogP contribution in [0.5, 0.6) is 5.75 Å². The lowest BCUT2D eigenvalue weighted by Crippen LogP contribution is -2.49. The van der Waals surface area contributed by atoms with Crippen LogP contribution in [0.15, 0.2) is 52.3 Å². The van der Waals surface area contributed by atoms with Crippen molar-refractivity contribution in [3.05, 3.63) is 42.5 Å². The van der Waals surface area contributed by atoms with Crippen molar-refractivity contribution in [1.82, 2.24) is 4.31 Å². The SMILES string of the molecule is CCOc1ccc(NC(=O)C23CCC(=O)N2c2ccccc2S3)cc1S(=O)(=O)N(CC)CC. The summed E-state index contributed by atoms with van der Waals surface area (Å²) < 4.78 is 33.4. The van der Waals surface area contributed by atoms with Gasteiger partial charge in [0.25, 0.3) is 5.91 Å². The zero-order valence-corrected chi connectivity index (χ0v) is 20.5. The number of anilines is 2. The highest BCUT2D eigenvalue weighted by Gasteiger charge is 2.57. The lowest BCUT2D eigenvalue weighted by atomic mass is 10.1. The number of hydrogen-bond acceptors (Lipinski definition) is 6. The Balaban J connectivity index is 1.69. The summed E-state index contributed by atoms with van der Waals surface area (Å²) in [5, 5.41) is 2.87. The molecule has 1 N–H and O–H groups in total. The van der Waals surface area contributed by atoms with Gasteiger partial charge in [0.05, 0.1) is 12.3 Å². The molecule has 33 heavy (non-hydrogen) atoms. The Hall–Kier alpha value is -2.56. The van der Waals surface area contributed by atoms with Gasteiger partial charge < -0.3 is 10.1 Å². The minimum Gasteiger partial charge on any atom is -0.492 e. The first-order chi connectivity index (χ1) is 15.8. The van der Waals surface area contributed by atoms with E-state index in [4.69, 9.17) is 4.74 Å². The van der Waals surface area contributed by atoms with Gasteiger partial charge in [-0.1, -0.05) is 37.7 Å². The zero-order valence-electron chi connectivity index (χ0n) is 18.8. The molecule has 0 bridgehead atoms. The van der Waals surface area contributed by atoms with Crippen LogP contribution in [0, 0.1) is 0 Å². The number of fused-ring (bicyclic) bond motifs is 3. The highest BCUT2D eigenvalue weighted by molar-refractivity contribution is 8.02. The Bertz CT molecular complexity index is 1200. The number of carbonyl (C=O) groups excluding carboxylic acids is 2. The predicted octanol–water partition coefficient (Wildman–Crippen LogP) is 3.68. The quantitative estimate of drug-likeness (QED) is 0.608. The van der Waals surface area contributed by atoms with Crippen molar-refractivity contribution in [2.45, 2.75) is 48.3 Å². The van der Waals surface area contributed by atoms with Crippen molar-refractivity contribution in [2.24, 2.45) is 0 Å². The van der Waals surface area contributed by atoms with Gasteiger partial charge in [0.2, 0.25) is 15.9 Å². The maximum Gasteiger partial charge on any atom is 0.261 e. The number of rotatable bonds is 8. The second kappa shape index (κ2) is 9.00. The van der Waals surface area contributed by atoms with Gasteiger partial charge in [-0.05, 0) is 43.7 Å². The summed E-state index contributed by atoms with van der Waals surface area (Å²) in [6.07, 6.45) is 0.651. The third-order valence-electron chi connectivity index (χ3n) is 5.85. The minimum atomic E-state index is -3.82. The largest absolute Gasteiger partial charge is 0.492 e. The van der Waals surface area contributed by atoms with Gasteiger partial charge in [0.15, 0.2) is 4.87 Å². The topological polar surface area (TPSA) is 96.0 Å². The van der Waals surface area contributed by atoms with Gasteiger partial charge in [-0.15, -0.1) is 0 Å². The summed E-state index contributed by atoms with van der Waals surface area (Å²) in [5.74, 6) is -0.218. The molecule has 2 aromatic carbocycles. The molecular formula is C23H27N3O5S2. The maximum atomic E-state index is 13.5. The van der Waals surface area contributed by atoms with Gasteiger partial charge in [-0.3, -0.25) is 14.5 Å². The maximum absolute atomic E-state index is 13.5. The van der Waals surface area contributed by atoms with Crippen LogP contribution in [-0.2, 0) is 19.6 Å². The second-order valence-corrected chi connectivity index (χ2v) is 10.9. The third-order valence-corrected chi connectivity index (χ3v) is 9.40. The lowest BCUT2D eigenvalue weighted by Gasteiger charge is -2.29. The lowest BCUT2D eigenvalue weighted by molar-refractivity contribution is -0.121. The predicted molar refractivity (Wildman–Crippen MR) is 128 cm³/mol. The molecule has 2 aromatic rings. The summed E-state index contributed by atoms with van der Waals surface area (Å²) in [4.78, 5) is 27.6. The number of nitrogens with one attached hydrogen (secondary N) is 1. The molecule has 176 valence electrons. The van der Waals surface area contributed by atoms with Crippen LogP contribution in [-0.4, -0.2) is 49.1 Å². The zero-order chi connectivity index (χ0) is 23.8. The average Bonchev–Trinajstić information content (AvgIpc) is 3.31. The van der Waals surface area contributed by atoms with Gasteiger partial charge in [0, 0.05) is 30.1 Å². The molecule has 10 heteroatoms. The van der Waals surface area contributed by atoms with Gasteiger partial charge in [-0.2, -0.15) is 4.31 Å². The van der Waals surface area contributed by atoms with E-state index < -0.39 is 14.9 Å². The normalized spacial score (nSPS) is 19.5. The van der Waals surface area contributed by atoms with Crippen LogP contribution in [0.2, 0.25) is 0 Å². The molecule has 1 unspecified atom stereocenters. The van der Waals surface area contributed by atoms with E-state index >= 15 is 0 Å². The Morgan fingerprint density at radius 1 is 1.18 bits per heavy atom. The first kappa shape index (κ1) is 23.6. The van der Waals surface area contributed by atoms with Crippen molar-refractivity contribution in [2.75, 3.05) is 29.9 Å². The van der Waals surface area contributed by atoms with E-state index in [1.807, 2.05) is 24.3 Å². The summed E-state index contributed by atoms with van der Waals surface area (Å²) in [6.45, 7) is 6.26. The number of carbonyl (C=O) groups is 2. The first-order valence-corrected chi connectivity index (χ1v) is 13.2. The molecule has 2 aliphatic heterocycles. The monoisotopic (exact) mass is 489 g/mol. The molecule has 2 aliphatic rings. The third kappa shape index (κ3) is 3.89. The summed E-state index contributed by atoms with van der Waals surface area (Å²) in [6, 6.07) is 12.1. The Morgan fingerprint density at radius 2 is 1.91 bits per heavy atom. The molecule has 0 radical (unpaired) electrons. The van der Waals surface area contributed by atoms with Crippen LogP contribution in [0.25, 0.3) is 0 Å². The molecule has 2 heterocycles. The van der Waals surface area contributed by atoms with Crippen LogP contribution in [0.3, 0.4) is 0 Å². The number of thioether (sulfide) groups is 1. The van der Waals surface area contributed by atoms with Crippen molar-refractivity contribution in [3.63, 3.8) is 0 Å². The van der Waals surface area contributed by atoms with Crippen molar-refractivity contribution in [1.29, 1.82) is 0 Å². The van der Waals surface area contributed by atoms with Crippen LogP contribution >= 0.6 is 11.8 Å². The van der Waals surface area contributed by atoms with E-state index in [0.29, 0.717) is 31.8 Å². The van der Waals surface area contributed by atoms with Crippen molar-refractivity contribution >= 4 is 45.0 Å². The van der Waals surface area contributed by atoms with Gasteiger partial charge in [0.1, 0.15) is 10.6 Å². The molecule has 1 fully saturated rings. The standard InChI is InChI=1S/C23H27N3O5S2/c1-4-25(5-2)33(29,30)20-15-16(11-12-18(20)31-6-3)24-22(28)23-14-13-21(27)26(23)17-9-7-8-10-19(17)32-23/h7-12,15H,4-6,13-14H2,1-3H3,(H,24,28). The van der Waals surface area contributed by atoms with E-state index in [0.717, 1.165) is 10.6 Å². The van der Waals surface area contributed by atoms with E-state index in [2.05, 4.69) is 5.32 Å². The van der Waals surface area contributed by atoms with E-state index in [9.17, 15) is 18.0 Å². The molecule has 1 atom stereocenters. The van der Waals surface area contributed by atoms with E-state index in [1.165, 1.54) is 22.1 Å². The Kier molecular flexibility index (Phi) is 6.43. The molecule has 8 nitrogen and oxygen atoms in total. The van der Waals surface area contributed by atoms with Gasteiger partial charge >= 0.3 is 0 Å². The second-order valence-electron chi connectivity index (χ2n) is 7.72. The first-order valence-electron chi connectivity index (χ1n) is 11.0. The number of nitrogens with zero attached hydrogens (tertiary/aromatic N) is 2. The summed E-state index contributed by atoms with van der Waals surface area (Å²) >= 11 is 1.36. The van der Waals surface area contributed by atoms with Crippen molar-refractivity contribution < 1.29 is 22.7 Å². The number of amides is 2. The number of para-hydroxylation sites is 1. The Morgan fingerprint density at radius 3 is 2.61 bits per heavy atom. The molecule has 2 amide bonds. The minimum absolute atomic E-state index is 0.00469. The highest BCUT2D eigenvalue weighted by atomic mass is 32.2. The van der Waals surface area contributed by atoms with Crippen LogP contribution in [0.1, 0.15) is 33.6 Å². The molecule has 0 aromatic heterocycles. The summed E-state index contributed by atoms with van der Waals surface area (Å²) in [5.41, 5.74) is 1.07. The molecule has 0 spiro atoms. The number of sulfonamides is 1. The van der Waals surface area contributed by atoms with E-state index in [-0.39, 0.29) is 28.9 Å². The number of benzene rings is 2. The Labute approximate surface area is 198 Å². The van der Waals surface area contributed by atoms with Crippen LogP contribution in [0.4, 0.5) is 11.4 Å². The fourth-order valence-corrected chi connectivity index (χ4v) is 7.32. The van der Waals surface area contributed by atoms with Gasteiger partial charge in [-0.25, -0.2) is 8.42 Å². The molecule has 0 aliphatic carbocycles. The summed E-state index contributed by atoms with van der Waals surface area (Å²) in [7, 11) is -3.82. The molecule has 4 rings (SSSR count). The number of ether oxygens (including phenoxy) is 1. The van der Waals surface area contributed by atoms with E-state index in [1.54, 1.807) is 37.8 Å². The molecular weight excluding hydrogens is 462 g/mol. The highest BCUT2D eigenvalue weighted by Crippen LogP contribution is 2.56. The van der Waals surface area contributed by atoms with Crippen LogP contribution < -0.4 is 15.0 Å². The molecule has 0 saturated carbocycles. The average molecular weight is 490 g/mol. The fourth-order valence-electron chi connectivity index (χ4n) is 4.29. The smallest absolute Gasteiger partial charge is 0.261 e. The molecule has 1 saturated heterocycles. The fraction of sp³-hybridized carbons (Fsp3) is 0.391. The number of hydrogen-bond donors (Lipinski definition) is 1.